The molecular weight excluding hydrogens is 316 g/mol. The van der Waals surface area contributed by atoms with Gasteiger partial charge in [-0.25, -0.2) is 4.79 Å². The van der Waals surface area contributed by atoms with Gasteiger partial charge in [0.2, 0.25) is 0 Å². The maximum Gasteiger partial charge on any atom is 0.349 e. The Bertz CT molecular complexity index is 793. The number of carbonyl (C=O) groups excluding carboxylic acids is 2. The van der Waals surface area contributed by atoms with E-state index in [1.54, 1.807) is 30.3 Å². The molecule has 2 rings (SSSR count). The predicted octanol–water partition coefficient (Wildman–Crippen LogP) is 3.01. The molecular formula is C20H18N2O3. The molecule has 2 aromatic carbocycles. The molecule has 2 aromatic rings. The molecule has 0 aromatic heterocycles. The van der Waals surface area contributed by atoms with Crippen LogP contribution < -0.4 is 5.32 Å². The average Bonchev–Trinajstić information content (AvgIpc) is 2.65. The second-order valence-electron chi connectivity index (χ2n) is 5.36. The van der Waals surface area contributed by atoms with Gasteiger partial charge in [-0.15, -0.1) is 0 Å². The number of amides is 1. The Kier molecular flexibility index (Phi) is 6.49. The second-order valence-corrected chi connectivity index (χ2v) is 5.36. The smallest absolute Gasteiger partial charge is 0.349 e. The van der Waals surface area contributed by atoms with E-state index in [1.807, 2.05) is 43.3 Å². The molecule has 1 N–H and O–H groups in total. The van der Waals surface area contributed by atoms with Crippen LogP contribution in [0.5, 0.6) is 0 Å². The Morgan fingerprint density at radius 1 is 1.12 bits per heavy atom. The molecule has 0 radical (unpaired) electrons. The van der Waals surface area contributed by atoms with Gasteiger partial charge < -0.3 is 10.1 Å². The van der Waals surface area contributed by atoms with Gasteiger partial charge in [-0.2, -0.15) is 5.26 Å². The van der Waals surface area contributed by atoms with Crippen molar-refractivity contribution in [2.45, 2.75) is 13.0 Å². The molecule has 5 heteroatoms. The fourth-order valence-corrected chi connectivity index (χ4v) is 2.17. The first-order valence-corrected chi connectivity index (χ1v) is 7.78. The monoisotopic (exact) mass is 334 g/mol. The first kappa shape index (κ1) is 18.0. The Hall–Kier alpha value is -3.39. The second kappa shape index (κ2) is 9.04. The van der Waals surface area contributed by atoms with Crippen molar-refractivity contribution in [1.82, 2.24) is 5.32 Å². The number of hydrogen-bond acceptors (Lipinski definition) is 4. The summed E-state index contributed by atoms with van der Waals surface area (Å²) in [6.45, 7) is 1.40. The molecule has 0 aliphatic rings. The maximum atomic E-state index is 11.9. The fourth-order valence-electron chi connectivity index (χ4n) is 2.17. The largest absolute Gasteiger partial charge is 0.451 e. The standard InChI is InChI=1S/C20H18N2O3/c1-15(17-10-6-3-7-11-17)22-19(23)14-25-20(24)18(13-21)12-16-8-4-2-5-9-16/h2-12,15H,14H2,1H3,(H,22,23)/b18-12-. The Morgan fingerprint density at radius 2 is 1.72 bits per heavy atom. The van der Waals surface area contributed by atoms with Gasteiger partial charge in [0.05, 0.1) is 6.04 Å². The van der Waals surface area contributed by atoms with Crippen LogP contribution in [0.2, 0.25) is 0 Å². The molecule has 126 valence electrons. The van der Waals surface area contributed by atoms with E-state index in [9.17, 15) is 9.59 Å². The van der Waals surface area contributed by atoms with Gasteiger partial charge >= 0.3 is 5.97 Å². The molecule has 1 atom stereocenters. The summed E-state index contributed by atoms with van der Waals surface area (Å²) in [7, 11) is 0. The molecule has 0 bridgehead atoms. The van der Waals surface area contributed by atoms with Crippen molar-refractivity contribution in [3.05, 3.63) is 77.4 Å². The highest BCUT2D eigenvalue weighted by Gasteiger charge is 2.15. The number of carbonyl (C=O) groups is 2. The summed E-state index contributed by atoms with van der Waals surface area (Å²) in [4.78, 5) is 23.9. The molecule has 25 heavy (non-hydrogen) atoms. The van der Waals surface area contributed by atoms with E-state index < -0.39 is 18.5 Å². The molecule has 1 amide bonds. The normalized spacial score (nSPS) is 11.9. The quantitative estimate of drug-likeness (QED) is 0.500. The number of nitrogens with zero attached hydrogens (tertiary/aromatic N) is 1. The minimum atomic E-state index is -0.825. The number of benzene rings is 2. The predicted molar refractivity (Wildman–Crippen MR) is 94.0 cm³/mol. The van der Waals surface area contributed by atoms with Crippen LogP contribution in [-0.2, 0) is 14.3 Å². The summed E-state index contributed by atoms with van der Waals surface area (Å²) in [5, 5.41) is 11.8. The van der Waals surface area contributed by atoms with Crippen LogP contribution in [-0.4, -0.2) is 18.5 Å². The number of ether oxygens (including phenoxy) is 1. The fraction of sp³-hybridized carbons (Fsp3) is 0.150. The summed E-state index contributed by atoms with van der Waals surface area (Å²) >= 11 is 0. The lowest BCUT2D eigenvalue weighted by molar-refractivity contribution is -0.144. The van der Waals surface area contributed by atoms with Gasteiger partial charge in [-0.3, -0.25) is 4.79 Å². The lowest BCUT2D eigenvalue weighted by Crippen LogP contribution is -2.31. The van der Waals surface area contributed by atoms with E-state index in [4.69, 9.17) is 10.00 Å². The average molecular weight is 334 g/mol. The molecule has 0 heterocycles. The number of rotatable bonds is 6. The summed E-state index contributed by atoms with van der Waals surface area (Å²) in [6, 6.07) is 20.0. The van der Waals surface area contributed by atoms with Gasteiger partial charge in [0.25, 0.3) is 5.91 Å². The van der Waals surface area contributed by atoms with Crippen LogP contribution in [0, 0.1) is 11.3 Å². The van der Waals surface area contributed by atoms with Crippen molar-refractivity contribution in [2.24, 2.45) is 0 Å². The van der Waals surface area contributed by atoms with Gasteiger partial charge in [0, 0.05) is 0 Å². The minimum absolute atomic E-state index is 0.157. The highest BCUT2D eigenvalue weighted by Crippen LogP contribution is 2.11. The highest BCUT2D eigenvalue weighted by atomic mass is 16.5. The van der Waals surface area contributed by atoms with Crippen LogP contribution in [0.25, 0.3) is 6.08 Å². The van der Waals surface area contributed by atoms with Crippen molar-refractivity contribution < 1.29 is 14.3 Å². The van der Waals surface area contributed by atoms with Crippen molar-refractivity contribution in [3.63, 3.8) is 0 Å². The van der Waals surface area contributed by atoms with Gasteiger partial charge in [0.15, 0.2) is 6.61 Å². The van der Waals surface area contributed by atoms with Crippen molar-refractivity contribution in [2.75, 3.05) is 6.61 Å². The third kappa shape index (κ3) is 5.63. The Balaban J connectivity index is 1.89. The summed E-state index contributed by atoms with van der Waals surface area (Å²) < 4.78 is 4.92. The Morgan fingerprint density at radius 3 is 2.32 bits per heavy atom. The lowest BCUT2D eigenvalue weighted by Gasteiger charge is -2.14. The topological polar surface area (TPSA) is 79.2 Å². The summed E-state index contributed by atoms with van der Waals surface area (Å²) in [5.41, 5.74) is 1.50. The van der Waals surface area contributed by atoms with E-state index in [1.165, 1.54) is 6.08 Å². The summed E-state index contributed by atoms with van der Waals surface area (Å²) in [6.07, 6.45) is 1.42. The minimum Gasteiger partial charge on any atom is -0.451 e. The molecule has 0 saturated heterocycles. The molecule has 0 aliphatic heterocycles. The zero-order valence-corrected chi connectivity index (χ0v) is 13.8. The molecule has 0 aliphatic carbocycles. The number of esters is 1. The molecule has 0 saturated carbocycles. The summed E-state index contributed by atoms with van der Waals surface area (Å²) in [5.74, 6) is -1.25. The van der Waals surface area contributed by atoms with E-state index in [0.717, 1.165) is 5.56 Å². The first-order valence-electron chi connectivity index (χ1n) is 7.78. The van der Waals surface area contributed by atoms with Gasteiger partial charge in [-0.05, 0) is 24.1 Å². The van der Waals surface area contributed by atoms with Crippen molar-refractivity contribution in [3.8, 4) is 6.07 Å². The number of nitriles is 1. The number of nitrogens with one attached hydrogen (secondary N) is 1. The van der Waals surface area contributed by atoms with Crippen LogP contribution in [0.1, 0.15) is 24.1 Å². The zero-order valence-electron chi connectivity index (χ0n) is 13.8. The van der Waals surface area contributed by atoms with E-state index in [2.05, 4.69) is 5.32 Å². The van der Waals surface area contributed by atoms with Crippen LogP contribution in [0.3, 0.4) is 0 Å². The molecule has 0 spiro atoms. The van der Waals surface area contributed by atoms with E-state index in [-0.39, 0.29) is 11.6 Å². The zero-order chi connectivity index (χ0) is 18.1. The van der Waals surface area contributed by atoms with E-state index in [0.29, 0.717) is 5.56 Å². The van der Waals surface area contributed by atoms with E-state index >= 15 is 0 Å². The maximum absolute atomic E-state index is 11.9. The lowest BCUT2D eigenvalue weighted by atomic mass is 10.1. The van der Waals surface area contributed by atoms with Crippen LogP contribution in [0.4, 0.5) is 0 Å². The highest BCUT2D eigenvalue weighted by molar-refractivity contribution is 5.98. The Labute approximate surface area is 146 Å². The van der Waals surface area contributed by atoms with Gasteiger partial charge in [-0.1, -0.05) is 60.7 Å². The third-order valence-corrected chi connectivity index (χ3v) is 3.46. The number of hydrogen-bond donors (Lipinski definition) is 1. The third-order valence-electron chi connectivity index (χ3n) is 3.46. The van der Waals surface area contributed by atoms with Crippen molar-refractivity contribution >= 4 is 18.0 Å². The van der Waals surface area contributed by atoms with Crippen molar-refractivity contribution in [1.29, 1.82) is 5.26 Å². The molecule has 5 nitrogen and oxygen atoms in total. The molecule has 0 fully saturated rings. The first-order chi connectivity index (χ1) is 12.1. The van der Waals surface area contributed by atoms with Crippen LogP contribution in [0.15, 0.2) is 66.2 Å². The van der Waals surface area contributed by atoms with Crippen LogP contribution >= 0.6 is 0 Å². The SMILES string of the molecule is CC(NC(=O)COC(=O)/C(C#N)=C\c1ccccc1)c1ccccc1. The van der Waals surface area contributed by atoms with Gasteiger partial charge in [0.1, 0.15) is 11.6 Å². The molecule has 1 unspecified atom stereocenters.